The van der Waals surface area contributed by atoms with E-state index in [1.54, 1.807) is 12.5 Å². The minimum absolute atomic E-state index is 0.484. The van der Waals surface area contributed by atoms with Crippen LogP contribution in [0, 0.1) is 13.8 Å². The molecule has 1 heterocycles. The van der Waals surface area contributed by atoms with Crippen LogP contribution in [0.5, 0.6) is 0 Å². The summed E-state index contributed by atoms with van der Waals surface area (Å²) in [6.45, 7) is 4.21. The number of hydrogen-bond donors (Lipinski definition) is 2. The molecule has 2 rings (SSSR count). The van der Waals surface area contributed by atoms with E-state index in [1.807, 2.05) is 0 Å². The van der Waals surface area contributed by atoms with E-state index in [4.69, 9.17) is 0 Å². The lowest BCUT2D eigenvalue weighted by molar-refractivity contribution is 0.163. The zero-order valence-electron chi connectivity index (χ0n) is 10.3. The number of aryl methyl sites for hydroxylation is 3. The van der Waals surface area contributed by atoms with Crippen molar-refractivity contribution in [1.29, 1.82) is 0 Å². The highest BCUT2D eigenvalue weighted by Gasteiger charge is 2.10. The molecule has 0 amide bonds. The fourth-order valence-corrected chi connectivity index (χ4v) is 2.02. The Morgan fingerprint density at radius 2 is 2.18 bits per heavy atom. The molecule has 1 aromatic carbocycles. The van der Waals surface area contributed by atoms with Crippen molar-refractivity contribution < 1.29 is 5.11 Å². The Hall–Kier alpha value is -1.61. The van der Waals surface area contributed by atoms with Crippen molar-refractivity contribution in [3.05, 3.63) is 53.1 Å². The normalized spacial score (nSPS) is 12.6. The Labute approximate surface area is 102 Å². The molecular weight excluding hydrogens is 212 g/mol. The highest BCUT2D eigenvalue weighted by Crippen LogP contribution is 2.19. The van der Waals surface area contributed by atoms with Gasteiger partial charge in [-0.3, -0.25) is 0 Å². The second kappa shape index (κ2) is 5.15. The van der Waals surface area contributed by atoms with Crippen LogP contribution in [-0.2, 0) is 6.42 Å². The van der Waals surface area contributed by atoms with E-state index < -0.39 is 6.10 Å². The summed E-state index contributed by atoms with van der Waals surface area (Å²) in [7, 11) is 0. The molecule has 0 bridgehead atoms. The summed E-state index contributed by atoms with van der Waals surface area (Å²) >= 11 is 0. The van der Waals surface area contributed by atoms with Crippen molar-refractivity contribution in [1.82, 2.24) is 9.97 Å². The van der Waals surface area contributed by atoms with E-state index in [-0.39, 0.29) is 0 Å². The van der Waals surface area contributed by atoms with E-state index in [1.165, 1.54) is 16.7 Å². The second-order valence-corrected chi connectivity index (χ2v) is 4.48. The van der Waals surface area contributed by atoms with Crippen LogP contribution in [0.1, 0.15) is 34.9 Å². The maximum absolute atomic E-state index is 9.93. The van der Waals surface area contributed by atoms with Crippen molar-refractivity contribution >= 4 is 0 Å². The number of nitrogens with one attached hydrogen (secondary N) is 1. The Kier molecular flexibility index (Phi) is 3.59. The first-order chi connectivity index (χ1) is 8.16. The van der Waals surface area contributed by atoms with Gasteiger partial charge in [0, 0.05) is 6.20 Å². The molecule has 0 spiro atoms. The molecule has 0 saturated heterocycles. The average Bonchev–Trinajstić information content (AvgIpc) is 2.81. The first-order valence-corrected chi connectivity index (χ1v) is 5.89. The lowest BCUT2D eigenvalue weighted by Crippen LogP contribution is -2.01. The van der Waals surface area contributed by atoms with Gasteiger partial charge in [0.25, 0.3) is 0 Å². The summed E-state index contributed by atoms with van der Waals surface area (Å²) in [5.74, 6) is 0. The summed E-state index contributed by atoms with van der Waals surface area (Å²) in [6, 6.07) is 6.43. The number of aromatic amines is 1. The smallest absolute Gasteiger partial charge is 0.0978 e. The summed E-state index contributed by atoms with van der Waals surface area (Å²) in [5.41, 5.74) is 4.58. The predicted octanol–water partition coefficient (Wildman–Crippen LogP) is 2.69. The van der Waals surface area contributed by atoms with Gasteiger partial charge < -0.3 is 10.1 Å². The predicted molar refractivity (Wildman–Crippen MR) is 67.8 cm³/mol. The highest BCUT2D eigenvalue weighted by atomic mass is 16.3. The monoisotopic (exact) mass is 230 g/mol. The third-order valence-corrected chi connectivity index (χ3v) is 3.05. The van der Waals surface area contributed by atoms with Crippen LogP contribution in [0.2, 0.25) is 0 Å². The zero-order chi connectivity index (χ0) is 12.3. The molecule has 0 fully saturated rings. The maximum Gasteiger partial charge on any atom is 0.0978 e. The third kappa shape index (κ3) is 2.94. The van der Waals surface area contributed by atoms with Gasteiger partial charge in [0.05, 0.1) is 18.1 Å². The first-order valence-electron chi connectivity index (χ1n) is 5.89. The maximum atomic E-state index is 9.93. The molecule has 1 unspecified atom stereocenters. The number of H-pyrrole nitrogens is 1. The SMILES string of the molecule is Cc1ccc(CCC(O)c2c[nH]cn2)c(C)c1. The molecule has 1 atom stereocenters. The van der Waals surface area contributed by atoms with Gasteiger partial charge in [0.1, 0.15) is 0 Å². The molecule has 0 saturated carbocycles. The van der Waals surface area contributed by atoms with Crippen LogP contribution in [-0.4, -0.2) is 15.1 Å². The van der Waals surface area contributed by atoms with E-state index in [9.17, 15) is 5.11 Å². The van der Waals surface area contributed by atoms with Crippen molar-refractivity contribution in [3.63, 3.8) is 0 Å². The standard InChI is InChI=1S/C14H18N2O/c1-10-3-4-12(11(2)7-10)5-6-14(17)13-8-15-9-16-13/h3-4,7-9,14,17H,5-6H2,1-2H3,(H,15,16). The summed E-state index contributed by atoms with van der Waals surface area (Å²) < 4.78 is 0. The Balaban J connectivity index is 1.98. The summed E-state index contributed by atoms with van der Waals surface area (Å²) in [6.07, 6.45) is 4.43. The van der Waals surface area contributed by atoms with Crippen LogP contribution in [0.4, 0.5) is 0 Å². The fourth-order valence-electron chi connectivity index (χ4n) is 2.02. The van der Waals surface area contributed by atoms with Crippen molar-refractivity contribution in [2.75, 3.05) is 0 Å². The Bertz CT molecular complexity index is 477. The highest BCUT2D eigenvalue weighted by molar-refractivity contribution is 5.30. The number of aliphatic hydroxyl groups excluding tert-OH is 1. The summed E-state index contributed by atoms with van der Waals surface area (Å²) in [5, 5.41) is 9.93. The van der Waals surface area contributed by atoms with Gasteiger partial charge in [-0.05, 0) is 37.8 Å². The largest absolute Gasteiger partial charge is 0.387 e. The van der Waals surface area contributed by atoms with Gasteiger partial charge in [-0.25, -0.2) is 4.98 Å². The number of nitrogens with zero attached hydrogens (tertiary/aromatic N) is 1. The quantitative estimate of drug-likeness (QED) is 0.848. The molecular formula is C14H18N2O. The van der Waals surface area contributed by atoms with Crippen molar-refractivity contribution in [2.45, 2.75) is 32.8 Å². The van der Waals surface area contributed by atoms with Crippen LogP contribution < -0.4 is 0 Å². The van der Waals surface area contributed by atoms with Gasteiger partial charge in [-0.15, -0.1) is 0 Å². The number of aliphatic hydroxyl groups is 1. The molecule has 90 valence electrons. The fraction of sp³-hybridized carbons (Fsp3) is 0.357. The number of benzene rings is 1. The van der Waals surface area contributed by atoms with Crippen LogP contribution in [0.25, 0.3) is 0 Å². The van der Waals surface area contributed by atoms with Gasteiger partial charge in [-0.2, -0.15) is 0 Å². The Morgan fingerprint density at radius 3 is 2.82 bits per heavy atom. The van der Waals surface area contributed by atoms with Crippen molar-refractivity contribution in [3.8, 4) is 0 Å². The van der Waals surface area contributed by atoms with E-state index in [0.29, 0.717) is 6.42 Å². The molecule has 2 N–H and O–H groups in total. The molecule has 2 aromatic rings. The lowest BCUT2D eigenvalue weighted by atomic mass is 9.99. The third-order valence-electron chi connectivity index (χ3n) is 3.05. The Morgan fingerprint density at radius 1 is 1.35 bits per heavy atom. The van der Waals surface area contributed by atoms with Crippen molar-refractivity contribution in [2.24, 2.45) is 0 Å². The molecule has 0 aliphatic heterocycles. The molecule has 17 heavy (non-hydrogen) atoms. The van der Waals surface area contributed by atoms with Crippen LogP contribution in [0.3, 0.4) is 0 Å². The lowest BCUT2D eigenvalue weighted by Gasteiger charge is -2.10. The molecule has 0 aliphatic carbocycles. The van der Waals surface area contributed by atoms with Gasteiger partial charge in [-0.1, -0.05) is 23.8 Å². The minimum atomic E-state index is -0.484. The zero-order valence-corrected chi connectivity index (χ0v) is 10.3. The topological polar surface area (TPSA) is 48.9 Å². The van der Waals surface area contributed by atoms with Gasteiger partial charge >= 0.3 is 0 Å². The molecule has 0 radical (unpaired) electrons. The van der Waals surface area contributed by atoms with E-state index in [2.05, 4.69) is 42.0 Å². The minimum Gasteiger partial charge on any atom is -0.387 e. The van der Waals surface area contributed by atoms with Crippen LogP contribution in [0.15, 0.2) is 30.7 Å². The average molecular weight is 230 g/mol. The molecule has 0 aliphatic rings. The van der Waals surface area contributed by atoms with Gasteiger partial charge in [0.2, 0.25) is 0 Å². The number of aromatic nitrogens is 2. The second-order valence-electron chi connectivity index (χ2n) is 4.48. The van der Waals surface area contributed by atoms with Gasteiger partial charge in [0.15, 0.2) is 0 Å². The number of hydrogen-bond acceptors (Lipinski definition) is 2. The van der Waals surface area contributed by atoms with E-state index >= 15 is 0 Å². The number of rotatable bonds is 4. The summed E-state index contributed by atoms with van der Waals surface area (Å²) in [4.78, 5) is 6.92. The molecule has 3 nitrogen and oxygen atoms in total. The molecule has 3 heteroatoms. The molecule has 1 aromatic heterocycles. The van der Waals surface area contributed by atoms with Crippen LogP contribution >= 0.6 is 0 Å². The van der Waals surface area contributed by atoms with E-state index in [0.717, 1.165) is 12.1 Å². The first kappa shape index (κ1) is 11.9. The number of imidazole rings is 1.